The second-order valence-electron chi connectivity index (χ2n) is 1.80. The van der Waals surface area contributed by atoms with Crippen LogP contribution in [0.4, 0.5) is 0 Å². The largest absolute Gasteiger partial charge is 0.0848 e. The standard InChI is InChI=1S/C10H13/c1-3-5-7-9-10-8-6-4-2/h1,3,5-10H,4H2,2H3/b3-1?,7-5+,8-6+,10-9+. The van der Waals surface area contributed by atoms with Crippen LogP contribution < -0.4 is 0 Å². The highest BCUT2D eigenvalue weighted by Crippen LogP contribution is 1.82. The highest BCUT2D eigenvalue weighted by Gasteiger charge is 1.61. The van der Waals surface area contributed by atoms with E-state index in [9.17, 15) is 0 Å². The van der Waals surface area contributed by atoms with Crippen LogP contribution in [0.5, 0.6) is 0 Å². The summed E-state index contributed by atoms with van der Waals surface area (Å²) in [5.74, 6) is 0. The van der Waals surface area contributed by atoms with Gasteiger partial charge in [0.25, 0.3) is 0 Å². The third-order valence-corrected chi connectivity index (χ3v) is 0.927. The summed E-state index contributed by atoms with van der Waals surface area (Å²) in [4.78, 5) is 0. The minimum Gasteiger partial charge on any atom is -0.0848 e. The summed E-state index contributed by atoms with van der Waals surface area (Å²) < 4.78 is 0. The fraction of sp³-hybridized carbons (Fsp3) is 0.200. The summed E-state index contributed by atoms with van der Waals surface area (Å²) in [7, 11) is 0. The first-order valence-electron chi connectivity index (χ1n) is 3.45. The van der Waals surface area contributed by atoms with Gasteiger partial charge in [-0.05, 0) is 6.42 Å². The van der Waals surface area contributed by atoms with Crippen LogP contribution in [0, 0.1) is 6.58 Å². The van der Waals surface area contributed by atoms with Crippen molar-refractivity contribution in [1.29, 1.82) is 0 Å². The van der Waals surface area contributed by atoms with E-state index in [1.54, 1.807) is 6.08 Å². The quantitative estimate of drug-likeness (QED) is 0.517. The van der Waals surface area contributed by atoms with Gasteiger partial charge in [0.15, 0.2) is 0 Å². The molecule has 0 rings (SSSR count). The Hall–Kier alpha value is -1.04. The summed E-state index contributed by atoms with van der Waals surface area (Å²) >= 11 is 0. The van der Waals surface area contributed by atoms with Crippen LogP contribution in [0.2, 0.25) is 0 Å². The summed E-state index contributed by atoms with van der Waals surface area (Å²) in [6, 6.07) is 0. The van der Waals surface area contributed by atoms with Gasteiger partial charge in [0.1, 0.15) is 0 Å². The van der Waals surface area contributed by atoms with Crippen molar-refractivity contribution in [3.05, 3.63) is 49.1 Å². The summed E-state index contributed by atoms with van der Waals surface area (Å²) in [5.41, 5.74) is 0. The smallest absolute Gasteiger partial charge is 0.0376 e. The zero-order chi connectivity index (χ0) is 7.66. The fourth-order valence-corrected chi connectivity index (χ4v) is 0.471. The molecule has 0 aliphatic heterocycles. The van der Waals surface area contributed by atoms with Crippen LogP contribution in [0.1, 0.15) is 13.3 Å². The highest BCUT2D eigenvalue weighted by molar-refractivity contribution is 5.13. The SMILES string of the molecule is [CH]=C/C=C/C=C/C=C/CC. The summed E-state index contributed by atoms with van der Waals surface area (Å²) in [6.07, 6.45) is 14.3. The molecular weight excluding hydrogens is 120 g/mol. The first kappa shape index (κ1) is 8.96. The van der Waals surface area contributed by atoms with E-state index >= 15 is 0 Å². The van der Waals surface area contributed by atoms with Crippen molar-refractivity contribution in [3.63, 3.8) is 0 Å². The van der Waals surface area contributed by atoms with E-state index in [0.717, 1.165) is 6.42 Å². The van der Waals surface area contributed by atoms with Gasteiger partial charge in [0.05, 0.1) is 0 Å². The van der Waals surface area contributed by atoms with Crippen molar-refractivity contribution in [2.24, 2.45) is 0 Å². The molecule has 0 saturated heterocycles. The van der Waals surface area contributed by atoms with Gasteiger partial charge in [-0.25, -0.2) is 0 Å². The van der Waals surface area contributed by atoms with Crippen molar-refractivity contribution < 1.29 is 0 Å². The van der Waals surface area contributed by atoms with Crippen molar-refractivity contribution >= 4 is 0 Å². The van der Waals surface area contributed by atoms with Gasteiger partial charge in [-0.3, -0.25) is 0 Å². The lowest BCUT2D eigenvalue weighted by molar-refractivity contribution is 1.22. The third-order valence-electron chi connectivity index (χ3n) is 0.927. The van der Waals surface area contributed by atoms with E-state index in [0.29, 0.717) is 0 Å². The van der Waals surface area contributed by atoms with Gasteiger partial charge in [0, 0.05) is 0 Å². The van der Waals surface area contributed by atoms with Crippen LogP contribution in [-0.2, 0) is 0 Å². The minimum absolute atomic E-state index is 1.08. The lowest BCUT2D eigenvalue weighted by Gasteiger charge is -1.73. The molecule has 0 unspecified atom stereocenters. The van der Waals surface area contributed by atoms with Crippen molar-refractivity contribution in [2.75, 3.05) is 0 Å². The van der Waals surface area contributed by atoms with Crippen molar-refractivity contribution in [1.82, 2.24) is 0 Å². The molecule has 0 bridgehead atoms. The van der Waals surface area contributed by atoms with Gasteiger partial charge in [-0.1, -0.05) is 56.0 Å². The van der Waals surface area contributed by atoms with E-state index in [1.165, 1.54) is 6.08 Å². The number of hydrogen-bond donors (Lipinski definition) is 0. The Balaban J connectivity index is 3.46. The number of allylic oxidation sites excluding steroid dienone is 7. The molecule has 0 aliphatic rings. The molecule has 0 nitrogen and oxygen atoms in total. The second-order valence-corrected chi connectivity index (χ2v) is 1.80. The molecule has 53 valence electrons. The molecule has 10 heavy (non-hydrogen) atoms. The number of rotatable bonds is 4. The fourth-order valence-electron chi connectivity index (χ4n) is 0.471. The van der Waals surface area contributed by atoms with Gasteiger partial charge in [0.2, 0.25) is 0 Å². The van der Waals surface area contributed by atoms with Crippen molar-refractivity contribution in [2.45, 2.75) is 13.3 Å². The molecule has 0 atom stereocenters. The van der Waals surface area contributed by atoms with Crippen LogP contribution in [-0.4, -0.2) is 0 Å². The van der Waals surface area contributed by atoms with E-state index in [-0.39, 0.29) is 0 Å². The topological polar surface area (TPSA) is 0 Å². The summed E-state index contributed by atoms with van der Waals surface area (Å²) in [5, 5.41) is 0. The predicted molar refractivity (Wildman–Crippen MR) is 46.6 cm³/mol. The average Bonchev–Trinajstić information content (AvgIpc) is 1.97. The Labute approximate surface area is 63.3 Å². The molecule has 1 radical (unpaired) electrons. The molecule has 0 aliphatic carbocycles. The van der Waals surface area contributed by atoms with Gasteiger partial charge in [-0.15, -0.1) is 0 Å². The molecule has 0 aromatic heterocycles. The van der Waals surface area contributed by atoms with Crippen LogP contribution in [0.25, 0.3) is 0 Å². The van der Waals surface area contributed by atoms with Gasteiger partial charge in [-0.2, -0.15) is 0 Å². The molecule has 0 N–H and O–H groups in total. The molecular formula is C10H13. The van der Waals surface area contributed by atoms with Gasteiger partial charge < -0.3 is 0 Å². The van der Waals surface area contributed by atoms with E-state index < -0.39 is 0 Å². The van der Waals surface area contributed by atoms with Gasteiger partial charge >= 0.3 is 0 Å². The van der Waals surface area contributed by atoms with Crippen molar-refractivity contribution in [3.8, 4) is 0 Å². The first-order valence-corrected chi connectivity index (χ1v) is 3.45. The first-order chi connectivity index (χ1) is 4.91. The Morgan fingerprint density at radius 1 is 1.00 bits per heavy atom. The molecule has 0 saturated carbocycles. The maximum absolute atomic E-state index is 5.11. The molecule has 0 amide bonds. The second kappa shape index (κ2) is 7.96. The predicted octanol–water partition coefficient (Wildman–Crippen LogP) is 3.05. The molecule has 0 heterocycles. The Morgan fingerprint density at radius 2 is 1.60 bits per heavy atom. The normalized spacial score (nSPS) is 12.1. The van der Waals surface area contributed by atoms with Crippen LogP contribution in [0.15, 0.2) is 42.5 Å². The van der Waals surface area contributed by atoms with Crippen LogP contribution in [0.3, 0.4) is 0 Å². The Morgan fingerprint density at radius 3 is 2.20 bits per heavy atom. The minimum atomic E-state index is 1.08. The highest BCUT2D eigenvalue weighted by atomic mass is 13.7. The zero-order valence-electron chi connectivity index (χ0n) is 6.33. The Bertz CT molecular complexity index is 147. The lowest BCUT2D eigenvalue weighted by Crippen LogP contribution is -1.51. The van der Waals surface area contributed by atoms with E-state index in [2.05, 4.69) is 13.0 Å². The summed E-state index contributed by atoms with van der Waals surface area (Å²) in [6.45, 7) is 7.21. The molecule has 0 heteroatoms. The molecule has 0 aromatic rings. The zero-order valence-corrected chi connectivity index (χ0v) is 6.33. The molecule has 0 spiro atoms. The monoisotopic (exact) mass is 133 g/mol. The number of hydrogen-bond acceptors (Lipinski definition) is 0. The average molecular weight is 133 g/mol. The third kappa shape index (κ3) is 6.96. The van der Waals surface area contributed by atoms with E-state index in [4.69, 9.17) is 6.58 Å². The molecule has 0 fully saturated rings. The van der Waals surface area contributed by atoms with E-state index in [1.807, 2.05) is 24.3 Å². The van der Waals surface area contributed by atoms with Crippen LogP contribution >= 0.6 is 0 Å². The lowest BCUT2D eigenvalue weighted by atomic mass is 10.3. The molecule has 0 aromatic carbocycles. The Kier molecular flexibility index (Phi) is 7.13. The maximum Gasteiger partial charge on any atom is -0.0376 e. The maximum atomic E-state index is 5.11.